The average molecular weight is 452 g/mol. The van der Waals surface area contributed by atoms with E-state index in [1.165, 1.54) is 0 Å². The third kappa shape index (κ3) is 3.73. The van der Waals surface area contributed by atoms with Crippen molar-refractivity contribution in [1.82, 2.24) is 14.8 Å². The summed E-state index contributed by atoms with van der Waals surface area (Å²) in [7, 11) is 1.87. The predicted octanol–water partition coefficient (Wildman–Crippen LogP) is 5.27. The van der Waals surface area contributed by atoms with Crippen LogP contribution in [0.25, 0.3) is 21.9 Å². The van der Waals surface area contributed by atoms with Crippen LogP contribution < -0.4 is 11.1 Å². The first kappa shape index (κ1) is 19.8. The van der Waals surface area contributed by atoms with Crippen molar-refractivity contribution in [3.8, 4) is 11.1 Å². The van der Waals surface area contributed by atoms with Gasteiger partial charge >= 0.3 is 0 Å². The van der Waals surface area contributed by atoms with Crippen LogP contribution in [0.4, 0.5) is 11.5 Å². The predicted molar refractivity (Wildman–Crippen MR) is 124 cm³/mol. The molecule has 2 aromatic carbocycles. The maximum absolute atomic E-state index is 12.7. The molecule has 156 valence electrons. The molecule has 6 nitrogen and oxygen atoms in total. The SMILES string of the molecule is Cn1cc([C@H]2C[C@@H]2C(=O)Nc2cc3cc(-c4c(Cl)cccc4Cl)cc(N)c3cn2)cn1. The minimum absolute atomic E-state index is 0.0426. The fourth-order valence-electron chi connectivity index (χ4n) is 3.98. The molecular formula is C23H19Cl2N5O. The van der Waals surface area contributed by atoms with Crippen LogP contribution in [0.15, 0.2) is 55.0 Å². The van der Waals surface area contributed by atoms with E-state index in [9.17, 15) is 4.79 Å². The largest absolute Gasteiger partial charge is 0.398 e. The van der Waals surface area contributed by atoms with E-state index in [0.29, 0.717) is 21.6 Å². The number of halogens is 2. The van der Waals surface area contributed by atoms with Gasteiger partial charge in [0.05, 0.1) is 6.20 Å². The number of nitrogen functional groups attached to an aromatic ring is 1. The summed E-state index contributed by atoms with van der Waals surface area (Å²) in [5, 5.41) is 9.85. The smallest absolute Gasteiger partial charge is 0.229 e. The van der Waals surface area contributed by atoms with E-state index in [4.69, 9.17) is 28.9 Å². The zero-order valence-corrected chi connectivity index (χ0v) is 18.2. The van der Waals surface area contributed by atoms with Crippen LogP contribution in [0.5, 0.6) is 0 Å². The Bertz CT molecular complexity index is 1310. The lowest BCUT2D eigenvalue weighted by molar-refractivity contribution is -0.117. The number of aryl methyl sites for hydroxylation is 1. The van der Waals surface area contributed by atoms with Gasteiger partial charge in [0.25, 0.3) is 0 Å². The number of nitrogens with two attached hydrogens (primary N) is 1. The van der Waals surface area contributed by atoms with E-state index >= 15 is 0 Å². The monoisotopic (exact) mass is 451 g/mol. The van der Waals surface area contributed by atoms with Gasteiger partial charge in [0.1, 0.15) is 5.82 Å². The molecule has 5 rings (SSSR count). The number of hydrogen-bond acceptors (Lipinski definition) is 4. The molecule has 1 aliphatic carbocycles. The summed E-state index contributed by atoms with van der Waals surface area (Å²) in [4.78, 5) is 17.1. The van der Waals surface area contributed by atoms with Crippen molar-refractivity contribution in [2.24, 2.45) is 13.0 Å². The highest BCUT2D eigenvalue weighted by Gasteiger charge is 2.44. The zero-order chi connectivity index (χ0) is 21.7. The first-order valence-electron chi connectivity index (χ1n) is 9.84. The highest BCUT2D eigenvalue weighted by atomic mass is 35.5. The number of nitrogens with zero attached hydrogens (tertiary/aromatic N) is 3. The number of anilines is 2. The lowest BCUT2D eigenvalue weighted by atomic mass is 10.0. The highest BCUT2D eigenvalue weighted by Crippen LogP contribution is 2.48. The molecule has 8 heteroatoms. The molecule has 2 aromatic heterocycles. The molecule has 1 saturated carbocycles. The average Bonchev–Trinajstić information content (AvgIpc) is 3.41. The molecule has 0 unspecified atom stereocenters. The number of benzene rings is 2. The summed E-state index contributed by atoms with van der Waals surface area (Å²) >= 11 is 12.7. The van der Waals surface area contributed by atoms with Crippen molar-refractivity contribution in [1.29, 1.82) is 0 Å². The van der Waals surface area contributed by atoms with E-state index in [1.54, 1.807) is 29.1 Å². The van der Waals surface area contributed by atoms with Crippen molar-refractivity contribution in [3.63, 3.8) is 0 Å². The molecule has 3 N–H and O–H groups in total. The Hall–Kier alpha value is -3.09. The van der Waals surface area contributed by atoms with Gasteiger partial charge in [-0.1, -0.05) is 29.3 Å². The van der Waals surface area contributed by atoms with Crippen LogP contribution in [0.3, 0.4) is 0 Å². The second-order valence-electron chi connectivity index (χ2n) is 7.84. The molecular weight excluding hydrogens is 433 g/mol. The second kappa shape index (κ2) is 7.55. The van der Waals surface area contributed by atoms with E-state index in [2.05, 4.69) is 15.4 Å². The van der Waals surface area contributed by atoms with Crippen molar-refractivity contribution in [3.05, 3.63) is 70.6 Å². The second-order valence-corrected chi connectivity index (χ2v) is 8.65. The maximum Gasteiger partial charge on any atom is 0.229 e. The summed E-state index contributed by atoms with van der Waals surface area (Å²) in [6.45, 7) is 0. The molecule has 2 atom stereocenters. The first-order chi connectivity index (χ1) is 14.9. The Labute approximate surface area is 189 Å². The Morgan fingerprint density at radius 1 is 1.19 bits per heavy atom. The lowest BCUT2D eigenvalue weighted by Crippen LogP contribution is -2.15. The topological polar surface area (TPSA) is 85.8 Å². The number of rotatable bonds is 4. The fourth-order valence-corrected chi connectivity index (χ4v) is 4.59. The van der Waals surface area contributed by atoms with Gasteiger partial charge in [-0.15, -0.1) is 0 Å². The number of hydrogen-bond donors (Lipinski definition) is 2. The number of amides is 1. The van der Waals surface area contributed by atoms with Gasteiger partial charge in [0.2, 0.25) is 5.91 Å². The third-order valence-electron chi connectivity index (χ3n) is 5.65. The number of nitrogens with one attached hydrogen (secondary N) is 1. The minimum Gasteiger partial charge on any atom is -0.398 e. The van der Waals surface area contributed by atoms with Crippen LogP contribution in [-0.4, -0.2) is 20.7 Å². The zero-order valence-electron chi connectivity index (χ0n) is 16.6. The van der Waals surface area contributed by atoms with Crippen molar-refractivity contribution >= 4 is 51.4 Å². The van der Waals surface area contributed by atoms with Gasteiger partial charge in [-0.25, -0.2) is 4.98 Å². The van der Waals surface area contributed by atoms with E-state index in [0.717, 1.165) is 33.9 Å². The lowest BCUT2D eigenvalue weighted by Gasteiger charge is -2.12. The Morgan fingerprint density at radius 2 is 1.97 bits per heavy atom. The molecule has 0 saturated heterocycles. The Kier molecular flexibility index (Phi) is 4.84. The molecule has 2 heterocycles. The number of pyridine rings is 1. The van der Waals surface area contributed by atoms with Gasteiger partial charge in [0, 0.05) is 52.0 Å². The van der Waals surface area contributed by atoms with E-state index in [-0.39, 0.29) is 17.7 Å². The summed E-state index contributed by atoms with van der Waals surface area (Å²) in [5.41, 5.74) is 9.45. The molecule has 1 aliphatic rings. The Balaban J connectivity index is 1.42. The molecule has 1 fully saturated rings. The van der Waals surface area contributed by atoms with Crippen LogP contribution in [0, 0.1) is 5.92 Å². The summed E-state index contributed by atoms with van der Waals surface area (Å²) in [5.74, 6) is 0.578. The fraction of sp³-hybridized carbons (Fsp3) is 0.174. The molecule has 0 bridgehead atoms. The molecule has 4 aromatic rings. The number of carbonyl (C=O) groups is 1. The third-order valence-corrected chi connectivity index (χ3v) is 6.28. The first-order valence-corrected chi connectivity index (χ1v) is 10.6. The van der Waals surface area contributed by atoms with E-state index in [1.807, 2.05) is 37.6 Å². The number of carbonyl (C=O) groups excluding carboxylic acids is 1. The van der Waals surface area contributed by atoms with Crippen LogP contribution in [0.2, 0.25) is 10.0 Å². The van der Waals surface area contributed by atoms with E-state index < -0.39 is 0 Å². The summed E-state index contributed by atoms with van der Waals surface area (Å²) in [6, 6.07) is 11.0. The summed E-state index contributed by atoms with van der Waals surface area (Å²) in [6.07, 6.45) is 6.25. The van der Waals surface area contributed by atoms with Gasteiger partial charge < -0.3 is 11.1 Å². The normalized spacial score (nSPS) is 17.6. The quantitative estimate of drug-likeness (QED) is 0.414. The molecule has 0 radical (unpaired) electrons. The molecule has 0 aliphatic heterocycles. The van der Waals surface area contributed by atoms with Gasteiger partial charge in [-0.3, -0.25) is 9.48 Å². The summed E-state index contributed by atoms with van der Waals surface area (Å²) < 4.78 is 1.75. The van der Waals surface area contributed by atoms with Crippen LogP contribution >= 0.6 is 23.2 Å². The maximum atomic E-state index is 12.7. The minimum atomic E-state index is -0.0694. The Morgan fingerprint density at radius 3 is 2.68 bits per heavy atom. The van der Waals surface area contributed by atoms with Crippen molar-refractivity contribution in [2.75, 3.05) is 11.1 Å². The number of fused-ring (bicyclic) bond motifs is 1. The molecule has 1 amide bonds. The van der Waals surface area contributed by atoms with Crippen LogP contribution in [-0.2, 0) is 11.8 Å². The highest BCUT2D eigenvalue weighted by molar-refractivity contribution is 6.39. The van der Waals surface area contributed by atoms with Gasteiger partial charge in [0.15, 0.2) is 0 Å². The molecule has 31 heavy (non-hydrogen) atoms. The van der Waals surface area contributed by atoms with Gasteiger partial charge in [-0.05, 0) is 59.2 Å². The molecule has 0 spiro atoms. The van der Waals surface area contributed by atoms with Gasteiger partial charge in [-0.2, -0.15) is 5.10 Å². The van der Waals surface area contributed by atoms with Crippen molar-refractivity contribution < 1.29 is 4.79 Å². The van der Waals surface area contributed by atoms with Crippen LogP contribution in [0.1, 0.15) is 17.9 Å². The number of aromatic nitrogens is 3. The standard InChI is InChI=1S/C23H19Cl2N5O/c1-30-11-14(9-28-30)15-8-16(15)23(31)29-21-7-12-5-13(6-20(26)17(12)10-27-21)22-18(24)3-2-4-19(22)25/h2-7,9-11,15-16H,8,26H2,1H3,(H,27,29,31)/t15-,16+/m1/s1. The van der Waals surface area contributed by atoms with Crippen molar-refractivity contribution in [2.45, 2.75) is 12.3 Å².